The van der Waals surface area contributed by atoms with Gasteiger partial charge in [-0.15, -0.1) is 11.6 Å². The van der Waals surface area contributed by atoms with Crippen LogP contribution in [0, 0.1) is 6.92 Å². The summed E-state index contributed by atoms with van der Waals surface area (Å²) in [5.41, 5.74) is 5.72. The van der Waals surface area contributed by atoms with Crippen molar-refractivity contribution in [1.29, 1.82) is 0 Å². The van der Waals surface area contributed by atoms with Gasteiger partial charge in [0.25, 0.3) is 0 Å². The van der Waals surface area contributed by atoms with Crippen LogP contribution in [0.5, 0.6) is 0 Å². The van der Waals surface area contributed by atoms with Crippen LogP contribution in [0.25, 0.3) is 0 Å². The Morgan fingerprint density at radius 2 is 1.43 bits per heavy atom. The molecule has 0 bridgehead atoms. The average molecular weight is 331 g/mol. The Morgan fingerprint density at radius 1 is 0.870 bits per heavy atom. The van der Waals surface area contributed by atoms with E-state index in [0.717, 1.165) is 0 Å². The molecular formula is C22H31Cl. The molecule has 0 amide bonds. The molecule has 0 saturated carbocycles. The number of rotatable bonds is 4. The molecule has 0 spiro atoms. The lowest BCUT2D eigenvalue weighted by Gasteiger charge is -2.18. The van der Waals surface area contributed by atoms with E-state index in [1.54, 1.807) is 0 Å². The van der Waals surface area contributed by atoms with Crippen molar-refractivity contribution in [3.63, 3.8) is 0 Å². The minimum absolute atomic E-state index is 0.285. The molecule has 0 saturated heterocycles. The highest BCUT2D eigenvalue weighted by atomic mass is 35.5. The third-order valence-corrected chi connectivity index (χ3v) is 4.27. The molecule has 0 heterocycles. The first kappa shape index (κ1) is 19.8. The highest BCUT2D eigenvalue weighted by molar-refractivity contribution is 6.17. The largest absolute Gasteiger partial charge is 0.122 e. The van der Waals surface area contributed by atoms with E-state index in [1.165, 1.54) is 41.5 Å². The SMILES string of the molecule is CCCCc1ccccc1CCl.Cc1ccc(C(C)(C)C)cc1. The van der Waals surface area contributed by atoms with Gasteiger partial charge in [-0.05, 0) is 41.9 Å². The normalized spacial score (nSPS) is 10.9. The van der Waals surface area contributed by atoms with Gasteiger partial charge in [-0.2, -0.15) is 0 Å². The molecule has 23 heavy (non-hydrogen) atoms. The Bertz CT molecular complexity index is 561. The number of aryl methyl sites for hydroxylation is 2. The van der Waals surface area contributed by atoms with Gasteiger partial charge in [0.05, 0.1) is 0 Å². The Morgan fingerprint density at radius 3 is 1.91 bits per heavy atom. The lowest BCUT2D eigenvalue weighted by molar-refractivity contribution is 0.590. The fraction of sp³-hybridized carbons (Fsp3) is 0.455. The molecule has 0 aliphatic rings. The summed E-state index contributed by atoms with van der Waals surface area (Å²) < 4.78 is 0. The maximum Gasteiger partial charge on any atom is 0.0476 e. The predicted molar refractivity (Wildman–Crippen MR) is 104 cm³/mol. The van der Waals surface area contributed by atoms with E-state index in [2.05, 4.69) is 77.1 Å². The van der Waals surface area contributed by atoms with Gasteiger partial charge in [-0.25, -0.2) is 0 Å². The summed E-state index contributed by atoms with van der Waals surface area (Å²) in [6, 6.07) is 17.2. The third kappa shape index (κ3) is 7.22. The van der Waals surface area contributed by atoms with Crippen molar-refractivity contribution in [2.75, 3.05) is 0 Å². The minimum atomic E-state index is 0.285. The molecule has 0 fully saturated rings. The van der Waals surface area contributed by atoms with Crippen LogP contribution >= 0.6 is 11.6 Å². The molecule has 2 aromatic carbocycles. The smallest absolute Gasteiger partial charge is 0.0476 e. The van der Waals surface area contributed by atoms with E-state index < -0.39 is 0 Å². The number of unbranched alkanes of at least 4 members (excludes halogenated alkanes) is 1. The van der Waals surface area contributed by atoms with Gasteiger partial charge in [-0.3, -0.25) is 0 Å². The summed E-state index contributed by atoms with van der Waals surface area (Å²) in [6.07, 6.45) is 3.67. The zero-order valence-electron chi connectivity index (χ0n) is 15.3. The molecule has 0 aliphatic heterocycles. The zero-order valence-corrected chi connectivity index (χ0v) is 16.1. The highest BCUT2D eigenvalue weighted by Crippen LogP contribution is 2.21. The molecule has 1 heteroatoms. The van der Waals surface area contributed by atoms with Crippen molar-refractivity contribution < 1.29 is 0 Å². The van der Waals surface area contributed by atoms with E-state index in [0.29, 0.717) is 5.88 Å². The summed E-state index contributed by atoms with van der Waals surface area (Å²) in [7, 11) is 0. The summed E-state index contributed by atoms with van der Waals surface area (Å²) >= 11 is 5.81. The van der Waals surface area contributed by atoms with Crippen LogP contribution in [0.3, 0.4) is 0 Å². The molecule has 0 nitrogen and oxygen atoms in total. The molecule has 2 aromatic rings. The summed E-state index contributed by atoms with van der Waals surface area (Å²) in [6.45, 7) is 11.0. The van der Waals surface area contributed by atoms with E-state index >= 15 is 0 Å². The van der Waals surface area contributed by atoms with Gasteiger partial charge in [0, 0.05) is 5.88 Å². The van der Waals surface area contributed by atoms with Crippen LogP contribution in [0.4, 0.5) is 0 Å². The van der Waals surface area contributed by atoms with Crippen LogP contribution in [0.15, 0.2) is 48.5 Å². The number of hydrogen-bond donors (Lipinski definition) is 0. The van der Waals surface area contributed by atoms with Crippen molar-refractivity contribution in [2.24, 2.45) is 0 Å². The van der Waals surface area contributed by atoms with Crippen molar-refractivity contribution in [2.45, 2.75) is 65.2 Å². The van der Waals surface area contributed by atoms with E-state index in [-0.39, 0.29) is 5.41 Å². The number of hydrogen-bond acceptors (Lipinski definition) is 0. The van der Waals surface area contributed by atoms with Crippen LogP contribution in [-0.4, -0.2) is 0 Å². The fourth-order valence-corrected chi connectivity index (χ4v) is 2.61. The monoisotopic (exact) mass is 330 g/mol. The van der Waals surface area contributed by atoms with Crippen LogP contribution < -0.4 is 0 Å². The van der Waals surface area contributed by atoms with Gasteiger partial charge in [0.1, 0.15) is 0 Å². The molecular weight excluding hydrogens is 300 g/mol. The Labute approximate surface area is 147 Å². The molecule has 0 atom stereocenters. The van der Waals surface area contributed by atoms with E-state index in [4.69, 9.17) is 11.6 Å². The van der Waals surface area contributed by atoms with Crippen LogP contribution in [0.1, 0.15) is 62.8 Å². The van der Waals surface area contributed by atoms with Gasteiger partial charge in [0.15, 0.2) is 0 Å². The molecule has 0 aromatic heterocycles. The minimum Gasteiger partial charge on any atom is -0.122 e. The second-order valence-corrected chi connectivity index (χ2v) is 7.39. The first-order valence-corrected chi connectivity index (χ1v) is 9.11. The summed E-state index contributed by atoms with van der Waals surface area (Å²) in [5, 5.41) is 0. The fourth-order valence-electron chi connectivity index (χ4n) is 2.35. The topological polar surface area (TPSA) is 0 Å². The maximum absolute atomic E-state index is 5.81. The third-order valence-electron chi connectivity index (χ3n) is 3.98. The van der Waals surface area contributed by atoms with Crippen LogP contribution in [0.2, 0.25) is 0 Å². The Kier molecular flexibility index (Phi) is 8.41. The van der Waals surface area contributed by atoms with Crippen molar-refractivity contribution in [3.8, 4) is 0 Å². The van der Waals surface area contributed by atoms with Gasteiger partial charge < -0.3 is 0 Å². The van der Waals surface area contributed by atoms with Gasteiger partial charge in [-0.1, -0.05) is 88.2 Å². The molecule has 126 valence electrons. The summed E-state index contributed by atoms with van der Waals surface area (Å²) in [4.78, 5) is 0. The van der Waals surface area contributed by atoms with Crippen LogP contribution in [-0.2, 0) is 17.7 Å². The zero-order chi connectivity index (χ0) is 17.3. The van der Waals surface area contributed by atoms with E-state index in [9.17, 15) is 0 Å². The number of alkyl halides is 1. The van der Waals surface area contributed by atoms with Crippen molar-refractivity contribution in [3.05, 3.63) is 70.8 Å². The molecule has 0 unspecified atom stereocenters. The predicted octanol–water partition coefficient (Wildman–Crippen LogP) is 7.06. The quantitative estimate of drug-likeness (QED) is 0.526. The van der Waals surface area contributed by atoms with Gasteiger partial charge in [0.2, 0.25) is 0 Å². The lowest BCUT2D eigenvalue weighted by Crippen LogP contribution is -2.10. The first-order chi connectivity index (χ1) is 10.9. The molecule has 0 aliphatic carbocycles. The Hall–Kier alpha value is -1.27. The molecule has 2 rings (SSSR count). The maximum atomic E-state index is 5.81. The van der Waals surface area contributed by atoms with Crippen molar-refractivity contribution >= 4 is 11.6 Å². The number of benzene rings is 2. The second-order valence-electron chi connectivity index (χ2n) is 7.12. The molecule has 0 radical (unpaired) electrons. The number of halogens is 1. The first-order valence-electron chi connectivity index (χ1n) is 8.58. The second kappa shape index (κ2) is 9.78. The summed E-state index contributed by atoms with van der Waals surface area (Å²) in [5.74, 6) is 0.639. The molecule has 0 N–H and O–H groups in total. The highest BCUT2D eigenvalue weighted by Gasteiger charge is 2.11. The lowest BCUT2D eigenvalue weighted by atomic mass is 9.87. The standard InChI is InChI=1S/C11H15Cl.C11H16/c1-2-3-6-10-7-4-5-8-11(10)9-12;1-9-5-7-10(8-6-9)11(2,3)4/h4-5,7-8H,2-3,6,9H2,1H3;5-8H,1-4H3. The average Bonchev–Trinajstić information content (AvgIpc) is 2.53. The Balaban J connectivity index is 0.000000231. The van der Waals surface area contributed by atoms with Crippen molar-refractivity contribution in [1.82, 2.24) is 0 Å². The van der Waals surface area contributed by atoms with Gasteiger partial charge >= 0.3 is 0 Å². The van der Waals surface area contributed by atoms with E-state index in [1.807, 2.05) is 6.07 Å².